The zero-order valence-electron chi connectivity index (χ0n) is 27.5. The summed E-state index contributed by atoms with van der Waals surface area (Å²) in [5, 5.41) is 12.5. The second kappa shape index (κ2) is 12.8. The van der Waals surface area contributed by atoms with E-state index < -0.39 is 28.8 Å². The molecule has 3 atom stereocenters. The second-order valence-electron chi connectivity index (χ2n) is 14.7. The van der Waals surface area contributed by atoms with Gasteiger partial charge in [-0.2, -0.15) is 0 Å². The van der Waals surface area contributed by atoms with E-state index in [0.29, 0.717) is 5.75 Å². The molecule has 0 aromatic heterocycles. The molecule has 7 nitrogen and oxygen atoms in total. The van der Waals surface area contributed by atoms with Crippen LogP contribution in [0.1, 0.15) is 125 Å². The van der Waals surface area contributed by atoms with Gasteiger partial charge in [-0.3, -0.25) is 9.59 Å². The van der Waals surface area contributed by atoms with Crippen molar-refractivity contribution >= 4 is 17.8 Å². The Morgan fingerprint density at radius 1 is 1.12 bits per heavy atom. The number of aliphatic carboxylic acids is 1. The molecule has 1 aliphatic carbocycles. The summed E-state index contributed by atoms with van der Waals surface area (Å²) in [5.41, 5.74) is 0.832. The third-order valence-corrected chi connectivity index (χ3v) is 9.07. The Labute approximate surface area is 252 Å². The molecule has 0 bridgehead atoms. The molecule has 1 aromatic rings. The van der Waals surface area contributed by atoms with Crippen molar-refractivity contribution < 1.29 is 29.0 Å². The van der Waals surface area contributed by atoms with Gasteiger partial charge in [0.2, 0.25) is 5.91 Å². The van der Waals surface area contributed by atoms with Crippen molar-refractivity contribution in [2.75, 3.05) is 0 Å². The first kappa shape index (κ1) is 33.7. The summed E-state index contributed by atoms with van der Waals surface area (Å²) < 4.78 is 12.9. The van der Waals surface area contributed by atoms with Crippen molar-refractivity contribution in [3.05, 3.63) is 34.9 Å². The molecule has 0 fully saturated rings. The number of esters is 1. The van der Waals surface area contributed by atoms with Gasteiger partial charge in [0.1, 0.15) is 23.1 Å². The first-order chi connectivity index (χ1) is 19.4. The van der Waals surface area contributed by atoms with Gasteiger partial charge in [-0.05, 0) is 90.3 Å². The number of carbonyl (C=O) groups is 3. The summed E-state index contributed by atoms with van der Waals surface area (Å²) >= 11 is 0. The van der Waals surface area contributed by atoms with Crippen LogP contribution in [0.25, 0.3) is 0 Å². The van der Waals surface area contributed by atoms with E-state index in [1.54, 1.807) is 27.7 Å². The highest BCUT2D eigenvalue weighted by Gasteiger charge is 2.46. The highest BCUT2D eigenvalue weighted by molar-refractivity contribution is 5.89. The number of amides is 1. The number of benzene rings is 1. The molecule has 2 unspecified atom stereocenters. The maximum Gasteiger partial charge on any atom is 0.334 e. The SMILES string of the molecule is CCCCCc1cc(OC(=O)[C@@H](NC(=O)C(C)(C)CC(C)(C)C(=O)O)C(C)C)c2c(c1)OC(C)(C)C1CCC(C)=CC21. The van der Waals surface area contributed by atoms with E-state index in [1.807, 2.05) is 19.9 Å². The molecule has 1 aromatic carbocycles. The molecule has 42 heavy (non-hydrogen) atoms. The number of hydrogen-bond donors (Lipinski definition) is 2. The molecule has 7 heteroatoms. The van der Waals surface area contributed by atoms with Gasteiger partial charge in [0.25, 0.3) is 0 Å². The van der Waals surface area contributed by atoms with Gasteiger partial charge in [-0.1, -0.05) is 59.1 Å². The molecule has 0 spiro atoms. The zero-order valence-corrected chi connectivity index (χ0v) is 27.5. The van der Waals surface area contributed by atoms with Crippen LogP contribution >= 0.6 is 0 Å². The number of rotatable bonds is 12. The normalized spacial score (nSPS) is 20.5. The number of fused-ring (bicyclic) bond motifs is 3. The van der Waals surface area contributed by atoms with E-state index in [-0.39, 0.29) is 35.7 Å². The minimum atomic E-state index is -1.10. The van der Waals surface area contributed by atoms with Crippen molar-refractivity contribution in [2.45, 2.75) is 132 Å². The predicted molar refractivity (Wildman–Crippen MR) is 166 cm³/mol. The minimum absolute atomic E-state index is 0.0641. The van der Waals surface area contributed by atoms with Gasteiger partial charge in [0, 0.05) is 22.8 Å². The van der Waals surface area contributed by atoms with Crippen molar-refractivity contribution in [2.24, 2.45) is 22.7 Å². The van der Waals surface area contributed by atoms with E-state index >= 15 is 0 Å². The average molecular weight is 584 g/mol. The minimum Gasteiger partial charge on any atom is -0.487 e. The van der Waals surface area contributed by atoms with Crippen molar-refractivity contribution in [3.8, 4) is 11.5 Å². The lowest BCUT2D eigenvalue weighted by molar-refractivity contribution is -0.151. The molecular formula is C35H53NO6. The van der Waals surface area contributed by atoms with Crippen LogP contribution in [0.3, 0.4) is 0 Å². The molecule has 2 aliphatic rings. The Bertz CT molecular complexity index is 1210. The molecule has 1 aliphatic heterocycles. The van der Waals surface area contributed by atoms with E-state index in [2.05, 4.69) is 45.2 Å². The lowest BCUT2D eigenvalue weighted by Crippen LogP contribution is -2.51. The van der Waals surface area contributed by atoms with Gasteiger partial charge < -0.3 is 19.9 Å². The largest absolute Gasteiger partial charge is 0.487 e. The lowest BCUT2D eigenvalue weighted by Gasteiger charge is -2.46. The Kier molecular flexibility index (Phi) is 10.3. The third kappa shape index (κ3) is 7.57. The van der Waals surface area contributed by atoms with Crippen LogP contribution in [0, 0.1) is 22.7 Å². The van der Waals surface area contributed by atoms with Gasteiger partial charge >= 0.3 is 11.9 Å². The van der Waals surface area contributed by atoms with Crippen LogP contribution in [-0.2, 0) is 20.8 Å². The van der Waals surface area contributed by atoms with Crippen LogP contribution in [-0.4, -0.2) is 34.6 Å². The summed E-state index contributed by atoms with van der Waals surface area (Å²) in [7, 11) is 0. The van der Waals surface area contributed by atoms with Crippen LogP contribution in [0.4, 0.5) is 0 Å². The number of hydrogen-bond acceptors (Lipinski definition) is 5. The Hall–Kier alpha value is -2.83. The van der Waals surface area contributed by atoms with Crippen molar-refractivity contribution in [3.63, 3.8) is 0 Å². The summed E-state index contributed by atoms with van der Waals surface area (Å²) in [6, 6.07) is 3.21. The molecule has 1 amide bonds. The maximum absolute atomic E-state index is 13.8. The molecule has 0 radical (unpaired) electrons. The number of allylic oxidation sites excluding steroid dienone is 2. The number of aryl methyl sites for hydroxylation is 1. The number of carboxylic acid groups (broad SMARTS) is 1. The first-order valence-electron chi connectivity index (χ1n) is 15.7. The van der Waals surface area contributed by atoms with Gasteiger partial charge in [0.15, 0.2) is 0 Å². The fraction of sp³-hybridized carbons (Fsp3) is 0.686. The summed E-state index contributed by atoms with van der Waals surface area (Å²) in [5.74, 6) is -0.532. The quantitative estimate of drug-likeness (QED) is 0.114. The van der Waals surface area contributed by atoms with E-state index in [4.69, 9.17) is 9.47 Å². The average Bonchev–Trinajstić information content (AvgIpc) is 2.85. The highest BCUT2D eigenvalue weighted by Crippen LogP contribution is 2.54. The number of unbranched alkanes of at least 4 members (excludes halogenated alkanes) is 2. The predicted octanol–water partition coefficient (Wildman–Crippen LogP) is 7.60. The Morgan fingerprint density at radius 2 is 1.79 bits per heavy atom. The van der Waals surface area contributed by atoms with Crippen LogP contribution in [0.15, 0.2) is 23.8 Å². The number of nitrogens with one attached hydrogen (secondary N) is 1. The standard InChI is InChI=1S/C35H53NO6/c1-11-12-13-14-23-18-26(28-24-17-22(4)15-16-25(24)35(9,10)42-27(28)19-23)41-30(37)29(21(2)3)36-31(38)33(5,6)20-34(7,8)32(39)40/h17-19,21,24-25,29H,11-16,20H2,1-10H3,(H,36,38)(H,39,40)/t24?,25?,29-/m0/s1. The maximum atomic E-state index is 13.8. The molecule has 234 valence electrons. The smallest absolute Gasteiger partial charge is 0.334 e. The Morgan fingerprint density at radius 3 is 2.38 bits per heavy atom. The summed E-state index contributed by atoms with van der Waals surface area (Å²) in [6.07, 6.45) is 8.55. The van der Waals surface area contributed by atoms with Gasteiger partial charge in [0.05, 0.1) is 5.41 Å². The zero-order chi connectivity index (χ0) is 31.6. The topological polar surface area (TPSA) is 102 Å². The third-order valence-electron chi connectivity index (χ3n) is 9.07. The number of carbonyl (C=O) groups excluding carboxylic acids is 2. The number of carboxylic acids is 1. The van der Waals surface area contributed by atoms with E-state index in [9.17, 15) is 19.5 Å². The molecule has 0 saturated heterocycles. The summed E-state index contributed by atoms with van der Waals surface area (Å²) in [6.45, 7) is 19.0. The lowest BCUT2D eigenvalue weighted by atomic mass is 9.68. The first-order valence-corrected chi connectivity index (χ1v) is 15.7. The van der Waals surface area contributed by atoms with Crippen LogP contribution < -0.4 is 14.8 Å². The molecule has 2 N–H and O–H groups in total. The van der Waals surface area contributed by atoms with Crippen LogP contribution in [0.2, 0.25) is 0 Å². The van der Waals surface area contributed by atoms with E-state index in [1.165, 1.54) is 5.57 Å². The number of ether oxygens (including phenoxy) is 2. The summed E-state index contributed by atoms with van der Waals surface area (Å²) in [4.78, 5) is 39.0. The fourth-order valence-electron chi connectivity index (χ4n) is 6.64. The monoisotopic (exact) mass is 583 g/mol. The Balaban J connectivity index is 1.97. The second-order valence-corrected chi connectivity index (χ2v) is 14.7. The molecule has 0 saturated carbocycles. The van der Waals surface area contributed by atoms with E-state index in [0.717, 1.165) is 55.4 Å². The van der Waals surface area contributed by atoms with Crippen molar-refractivity contribution in [1.82, 2.24) is 5.32 Å². The van der Waals surface area contributed by atoms with Crippen molar-refractivity contribution in [1.29, 1.82) is 0 Å². The van der Waals surface area contributed by atoms with Gasteiger partial charge in [-0.15, -0.1) is 0 Å². The van der Waals surface area contributed by atoms with Gasteiger partial charge in [-0.25, -0.2) is 4.79 Å². The fourth-order valence-corrected chi connectivity index (χ4v) is 6.64. The molecule has 1 heterocycles. The highest BCUT2D eigenvalue weighted by atomic mass is 16.5. The molecule has 3 rings (SSSR count). The van der Waals surface area contributed by atoms with Crippen LogP contribution in [0.5, 0.6) is 11.5 Å². The molecular weight excluding hydrogens is 530 g/mol.